The summed E-state index contributed by atoms with van der Waals surface area (Å²) >= 11 is 5.81. The highest BCUT2D eigenvalue weighted by Gasteiger charge is 2.02. The lowest BCUT2D eigenvalue weighted by Gasteiger charge is -2.11. The van der Waals surface area contributed by atoms with Gasteiger partial charge in [-0.2, -0.15) is 5.10 Å². The zero-order valence-corrected chi connectivity index (χ0v) is 15.9. The topological polar surface area (TPSA) is 80.0 Å². The molecule has 7 nitrogen and oxygen atoms in total. The predicted octanol–water partition coefficient (Wildman–Crippen LogP) is 2.61. The van der Waals surface area contributed by atoms with Crippen molar-refractivity contribution in [1.29, 1.82) is 0 Å². The summed E-state index contributed by atoms with van der Waals surface area (Å²) in [4.78, 5) is 13.1. The molecule has 140 valence electrons. The maximum atomic E-state index is 5.81. The van der Waals surface area contributed by atoms with Crippen LogP contribution in [-0.4, -0.2) is 38.8 Å². The van der Waals surface area contributed by atoms with Gasteiger partial charge in [-0.3, -0.25) is 0 Å². The molecule has 0 saturated carbocycles. The molecule has 0 atom stereocenters. The fraction of sp³-hybridized carbons (Fsp3) is 0.263. The van der Waals surface area contributed by atoms with Gasteiger partial charge < -0.3 is 10.6 Å². The standard InChI is InChI=1S/C19H22ClN7/c1-2-21-19(23-10-6-15-4-5-17(20)24-13-15)25-14-16-7-9-22-18(12-16)27-11-3-8-26-27/h3-5,7-9,11-13H,2,6,10,14H2,1H3,(H2,21,23,25). The van der Waals surface area contributed by atoms with Gasteiger partial charge in [0.05, 0.1) is 6.54 Å². The van der Waals surface area contributed by atoms with E-state index in [-0.39, 0.29) is 0 Å². The van der Waals surface area contributed by atoms with Gasteiger partial charge >= 0.3 is 0 Å². The number of halogens is 1. The van der Waals surface area contributed by atoms with Crippen LogP contribution in [0.5, 0.6) is 0 Å². The molecule has 3 aromatic rings. The first-order valence-electron chi connectivity index (χ1n) is 8.82. The van der Waals surface area contributed by atoms with Gasteiger partial charge in [0.1, 0.15) is 5.15 Å². The molecule has 0 aromatic carbocycles. The monoisotopic (exact) mass is 383 g/mol. The molecule has 3 rings (SSSR count). The molecule has 8 heteroatoms. The van der Waals surface area contributed by atoms with Crippen LogP contribution < -0.4 is 10.6 Å². The fourth-order valence-electron chi connectivity index (χ4n) is 2.48. The van der Waals surface area contributed by atoms with Gasteiger partial charge in [0, 0.05) is 37.9 Å². The summed E-state index contributed by atoms with van der Waals surface area (Å²) in [5.41, 5.74) is 2.19. The number of nitrogens with one attached hydrogen (secondary N) is 2. The van der Waals surface area contributed by atoms with Crippen molar-refractivity contribution in [2.45, 2.75) is 19.9 Å². The van der Waals surface area contributed by atoms with Crippen LogP contribution in [0.1, 0.15) is 18.1 Å². The Morgan fingerprint density at radius 2 is 2.07 bits per heavy atom. The first-order valence-corrected chi connectivity index (χ1v) is 9.20. The summed E-state index contributed by atoms with van der Waals surface area (Å²) in [5.74, 6) is 1.55. The minimum Gasteiger partial charge on any atom is -0.357 e. The summed E-state index contributed by atoms with van der Waals surface area (Å²) in [6, 6.07) is 9.60. The first kappa shape index (κ1) is 18.8. The number of hydrogen-bond acceptors (Lipinski definition) is 4. The molecule has 27 heavy (non-hydrogen) atoms. The van der Waals surface area contributed by atoms with E-state index in [9.17, 15) is 0 Å². The molecule has 0 bridgehead atoms. The number of pyridine rings is 2. The Kier molecular flexibility index (Phi) is 6.76. The average Bonchev–Trinajstić information content (AvgIpc) is 3.23. The van der Waals surface area contributed by atoms with Crippen LogP contribution in [0.3, 0.4) is 0 Å². The molecule has 0 spiro atoms. The summed E-state index contributed by atoms with van der Waals surface area (Å²) in [5, 5.41) is 11.3. The van der Waals surface area contributed by atoms with Crippen LogP contribution in [0.2, 0.25) is 5.15 Å². The Labute approximate surface area is 163 Å². The van der Waals surface area contributed by atoms with Crippen molar-refractivity contribution in [3.8, 4) is 5.82 Å². The van der Waals surface area contributed by atoms with E-state index < -0.39 is 0 Å². The highest BCUT2D eigenvalue weighted by molar-refractivity contribution is 6.29. The van der Waals surface area contributed by atoms with Crippen LogP contribution in [0.4, 0.5) is 0 Å². The largest absolute Gasteiger partial charge is 0.357 e. The van der Waals surface area contributed by atoms with E-state index >= 15 is 0 Å². The molecular formula is C19H22ClN7. The van der Waals surface area contributed by atoms with E-state index in [2.05, 4.69) is 30.7 Å². The molecule has 0 aliphatic heterocycles. The van der Waals surface area contributed by atoms with E-state index in [0.29, 0.717) is 11.7 Å². The third kappa shape index (κ3) is 5.79. The van der Waals surface area contributed by atoms with E-state index in [0.717, 1.165) is 42.4 Å². The van der Waals surface area contributed by atoms with Gasteiger partial charge in [-0.1, -0.05) is 17.7 Å². The lowest BCUT2D eigenvalue weighted by Crippen LogP contribution is -2.38. The summed E-state index contributed by atoms with van der Waals surface area (Å²) in [6.07, 6.45) is 8.01. The Balaban J connectivity index is 1.58. The van der Waals surface area contributed by atoms with Crippen molar-refractivity contribution in [1.82, 2.24) is 30.4 Å². The minimum absolute atomic E-state index is 0.508. The molecule has 0 unspecified atom stereocenters. The number of nitrogens with zero attached hydrogens (tertiary/aromatic N) is 5. The van der Waals surface area contributed by atoms with Crippen LogP contribution in [0, 0.1) is 0 Å². The molecule has 0 aliphatic carbocycles. The van der Waals surface area contributed by atoms with E-state index in [1.54, 1.807) is 29.3 Å². The fourth-order valence-corrected chi connectivity index (χ4v) is 2.59. The third-order valence-corrected chi connectivity index (χ3v) is 4.03. The van der Waals surface area contributed by atoms with Crippen molar-refractivity contribution in [2.75, 3.05) is 13.1 Å². The number of aliphatic imine (C=N–C) groups is 1. The molecule has 3 aromatic heterocycles. The first-order chi connectivity index (χ1) is 13.2. The van der Waals surface area contributed by atoms with Crippen LogP contribution in [-0.2, 0) is 13.0 Å². The molecule has 0 saturated heterocycles. The summed E-state index contributed by atoms with van der Waals surface area (Å²) < 4.78 is 1.73. The van der Waals surface area contributed by atoms with Gasteiger partial charge in [-0.25, -0.2) is 19.6 Å². The maximum absolute atomic E-state index is 5.81. The number of rotatable bonds is 7. The molecule has 0 radical (unpaired) electrons. The summed E-state index contributed by atoms with van der Waals surface area (Å²) in [7, 11) is 0. The molecule has 0 aliphatic rings. The Morgan fingerprint density at radius 1 is 1.15 bits per heavy atom. The van der Waals surface area contributed by atoms with Crippen LogP contribution in [0.15, 0.2) is 60.1 Å². The number of aromatic nitrogens is 4. The third-order valence-electron chi connectivity index (χ3n) is 3.81. The summed E-state index contributed by atoms with van der Waals surface area (Å²) in [6.45, 7) is 4.14. The van der Waals surface area contributed by atoms with E-state index in [1.807, 2.05) is 37.4 Å². The smallest absolute Gasteiger partial charge is 0.191 e. The van der Waals surface area contributed by atoms with Gasteiger partial charge in [-0.15, -0.1) is 0 Å². The number of guanidine groups is 1. The SMILES string of the molecule is CCNC(=NCc1ccnc(-n2cccn2)c1)NCCc1ccc(Cl)nc1. The molecule has 3 heterocycles. The highest BCUT2D eigenvalue weighted by Crippen LogP contribution is 2.08. The van der Waals surface area contributed by atoms with Crippen molar-refractivity contribution in [3.05, 3.63) is 71.4 Å². The van der Waals surface area contributed by atoms with Gasteiger partial charge in [-0.05, 0) is 48.7 Å². The van der Waals surface area contributed by atoms with Gasteiger partial charge in [0.25, 0.3) is 0 Å². The quantitative estimate of drug-likeness (QED) is 0.372. The second-order valence-electron chi connectivity index (χ2n) is 5.83. The second kappa shape index (κ2) is 9.68. The average molecular weight is 384 g/mol. The Morgan fingerprint density at radius 3 is 2.81 bits per heavy atom. The van der Waals surface area contributed by atoms with Gasteiger partial charge in [0.15, 0.2) is 11.8 Å². The van der Waals surface area contributed by atoms with Crippen molar-refractivity contribution >= 4 is 17.6 Å². The van der Waals surface area contributed by atoms with Crippen LogP contribution in [0.25, 0.3) is 5.82 Å². The Bertz CT molecular complexity index is 860. The zero-order valence-electron chi connectivity index (χ0n) is 15.1. The van der Waals surface area contributed by atoms with E-state index in [4.69, 9.17) is 11.6 Å². The lowest BCUT2D eigenvalue weighted by atomic mass is 10.2. The highest BCUT2D eigenvalue weighted by atomic mass is 35.5. The molecule has 0 amide bonds. The van der Waals surface area contributed by atoms with Crippen LogP contribution >= 0.6 is 11.6 Å². The van der Waals surface area contributed by atoms with Crippen molar-refractivity contribution < 1.29 is 0 Å². The second-order valence-corrected chi connectivity index (χ2v) is 6.22. The van der Waals surface area contributed by atoms with Crippen molar-refractivity contribution in [2.24, 2.45) is 4.99 Å². The minimum atomic E-state index is 0.508. The number of hydrogen-bond donors (Lipinski definition) is 2. The molecule has 2 N–H and O–H groups in total. The van der Waals surface area contributed by atoms with Crippen molar-refractivity contribution in [3.63, 3.8) is 0 Å². The molecular weight excluding hydrogens is 362 g/mol. The predicted molar refractivity (Wildman–Crippen MR) is 107 cm³/mol. The molecule has 0 fully saturated rings. The zero-order chi connectivity index (χ0) is 18.9. The normalized spacial score (nSPS) is 11.4. The van der Waals surface area contributed by atoms with Gasteiger partial charge in [0.2, 0.25) is 0 Å². The maximum Gasteiger partial charge on any atom is 0.191 e. The van der Waals surface area contributed by atoms with E-state index in [1.165, 1.54) is 0 Å². The lowest BCUT2D eigenvalue weighted by molar-refractivity contribution is 0.796. The Hall–Kier alpha value is -2.93.